The predicted molar refractivity (Wildman–Crippen MR) is 94.9 cm³/mol. The first-order valence-corrected chi connectivity index (χ1v) is 8.66. The van der Waals surface area contributed by atoms with Crippen LogP contribution in [-0.4, -0.2) is 32.8 Å². The minimum atomic E-state index is -5.06. The second-order valence-electron chi connectivity index (χ2n) is 6.29. The molecule has 0 aliphatic rings. The Morgan fingerprint density at radius 1 is 1.19 bits per heavy atom. The maximum absolute atomic E-state index is 14.1. The Hall–Kier alpha value is -4.07. The number of hydrogen-bond acceptors (Lipinski definition) is 7. The molecule has 0 fully saturated rings. The number of carbonyl (C=O) groups is 2. The lowest BCUT2D eigenvalue weighted by Gasteiger charge is -2.08. The van der Waals surface area contributed by atoms with Crippen LogP contribution < -0.4 is 10.8 Å². The maximum atomic E-state index is 14.1. The van der Waals surface area contributed by atoms with E-state index in [-0.39, 0.29) is 23.5 Å². The van der Waals surface area contributed by atoms with Crippen LogP contribution in [-0.2, 0) is 11.4 Å². The van der Waals surface area contributed by atoms with Gasteiger partial charge < -0.3 is 14.6 Å². The van der Waals surface area contributed by atoms with Crippen molar-refractivity contribution in [2.75, 3.05) is 0 Å². The highest BCUT2D eigenvalue weighted by molar-refractivity contribution is 6.02. The topological polar surface area (TPSA) is 111 Å². The molecule has 14 heteroatoms. The summed E-state index contributed by atoms with van der Waals surface area (Å²) >= 11 is 0. The number of rotatable bonds is 5. The van der Waals surface area contributed by atoms with Crippen LogP contribution in [0.25, 0.3) is 16.6 Å². The number of alkyl halides is 3. The fourth-order valence-corrected chi connectivity index (χ4v) is 2.84. The molecule has 9 nitrogen and oxygen atoms in total. The molecule has 0 radical (unpaired) electrons. The average molecular weight is 455 g/mol. The second-order valence-corrected chi connectivity index (χ2v) is 6.29. The number of nitrogens with zero attached hydrogens (tertiary/aromatic N) is 3. The maximum Gasteiger partial charge on any atom is 0.489 e. The van der Waals surface area contributed by atoms with E-state index >= 15 is 0 Å². The van der Waals surface area contributed by atoms with E-state index in [1.165, 1.54) is 16.9 Å². The lowest BCUT2D eigenvalue weighted by atomic mass is 10.1. The molecule has 3 heterocycles. The van der Waals surface area contributed by atoms with Crippen LogP contribution in [0.2, 0.25) is 0 Å². The zero-order chi connectivity index (χ0) is 23.0. The van der Waals surface area contributed by atoms with E-state index < -0.39 is 46.3 Å². The minimum Gasteiger partial charge on any atom is -0.458 e. The van der Waals surface area contributed by atoms with Gasteiger partial charge >= 0.3 is 12.3 Å². The summed E-state index contributed by atoms with van der Waals surface area (Å²) in [6.07, 6.45) is -0.755. The van der Waals surface area contributed by atoms with Crippen molar-refractivity contribution in [3.63, 3.8) is 0 Å². The summed E-state index contributed by atoms with van der Waals surface area (Å²) < 4.78 is 71.2. The third-order valence-electron chi connectivity index (χ3n) is 4.17. The minimum absolute atomic E-state index is 0.111. The zero-order valence-electron chi connectivity index (χ0n) is 15.5. The van der Waals surface area contributed by atoms with Crippen molar-refractivity contribution in [3.05, 3.63) is 65.3 Å². The fourth-order valence-electron chi connectivity index (χ4n) is 2.84. The van der Waals surface area contributed by atoms with Gasteiger partial charge in [-0.3, -0.25) is 4.79 Å². The van der Waals surface area contributed by atoms with Crippen LogP contribution in [0, 0.1) is 11.6 Å². The Morgan fingerprint density at radius 3 is 2.72 bits per heavy atom. The molecule has 2 N–H and O–H groups in total. The summed E-state index contributed by atoms with van der Waals surface area (Å²) in [6, 6.07) is 2.95. The average Bonchev–Trinajstić information content (AvgIpc) is 3.37. The largest absolute Gasteiger partial charge is 0.489 e. The van der Waals surface area contributed by atoms with Gasteiger partial charge in [0, 0.05) is 12.4 Å². The van der Waals surface area contributed by atoms with E-state index in [1.807, 2.05) is 0 Å². The second kappa shape index (κ2) is 7.88. The summed E-state index contributed by atoms with van der Waals surface area (Å²) in [5.41, 5.74) is -0.435. The Labute approximate surface area is 173 Å². The highest BCUT2D eigenvalue weighted by atomic mass is 19.4. The van der Waals surface area contributed by atoms with Crippen molar-refractivity contribution in [3.8, 4) is 0 Å². The van der Waals surface area contributed by atoms with E-state index in [0.29, 0.717) is 11.5 Å². The molecule has 32 heavy (non-hydrogen) atoms. The van der Waals surface area contributed by atoms with Gasteiger partial charge in [0.1, 0.15) is 16.9 Å². The quantitative estimate of drug-likeness (QED) is 0.271. The predicted octanol–water partition coefficient (Wildman–Crippen LogP) is 2.86. The monoisotopic (exact) mass is 455 g/mol. The molecule has 1 aromatic carbocycles. The number of halogens is 5. The van der Waals surface area contributed by atoms with Crippen LogP contribution in [0.5, 0.6) is 0 Å². The Kier molecular flexibility index (Phi) is 5.22. The van der Waals surface area contributed by atoms with Crippen LogP contribution in [0.1, 0.15) is 26.5 Å². The summed E-state index contributed by atoms with van der Waals surface area (Å²) in [4.78, 5) is 32.2. The van der Waals surface area contributed by atoms with Crippen molar-refractivity contribution >= 4 is 28.5 Å². The summed E-state index contributed by atoms with van der Waals surface area (Å²) in [7, 11) is 0. The molecule has 0 atom stereocenters. The summed E-state index contributed by atoms with van der Waals surface area (Å²) in [5.74, 6) is -5.28. The van der Waals surface area contributed by atoms with Crippen LogP contribution in [0.4, 0.5) is 22.0 Å². The molecule has 0 bridgehead atoms. The first kappa shape index (κ1) is 21.2. The molecular formula is C18H10F5N5O4. The summed E-state index contributed by atoms with van der Waals surface area (Å²) in [5, 5.41) is 5.90. The standard InChI is InChI=1S/C18H10F5N5O4/c19-12-5-10(17(30)32-27-18(21,22)23)14-9(13(12)20)4-8(31-14)6-25-16(29)11-7-26-28-3-1-2-24-15(11)28/h1-5,7,27H,6H2,(H,25,29). The number of benzene rings is 1. The number of hydroxylamine groups is 1. The Bertz CT molecular complexity index is 1350. The van der Waals surface area contributed by atoms with Crippen molar-refractivity contribution in [1.29, 1.82) is 0 Å². The number of fused-ring (bicyclic) bond motifs is 2. The molecule has 166 valence electrons. The van der Waals surface area contributed by atoms with Crippen LogP contribution in [0.15, 0.2) is 41.2 Å². The molecule has 0 saturated carbocycles. The molecule has 4 aromatic rings. The van der Waals surface area contributed by atoms with E-state index in [9.17, 15) is 31.5 Å². The molecule has 0 saturated heterocycles. The van der Waals surface area contributed by atoms with Gasteiger partial charge in [-0.25, -0.2) is 23.1 Å². The first-order chi connectivity index (χ1) is 15.1. The van der Waals surface area contributed by atoms with Gasteiger partial charge in [0.25, 0.3) is 5.91 Å². The normalized spacial score (nSPS) is 11.8. The number of nitrogens with one attached hydrogen (secondary N) is 2. The number of carbonyl (C=O) groups excluding carboxylic acids is 2. The SMILES string of the molecule is O=C(ONC(F)(F)F)c1cc(F)c(F)c2cc(CNC(=O)c3cnn4cccnc34)oc12. The van der Waals surface area contributed by atoms with Crippen LogP contribution >= 0.6 is 0 Å². The first-order valence-electron chi connectivity index (χ1n) is 8.66. The number of furan rings is 1. The molecule has 0 spiro atoms. The van der Waals surface area contributed by atoms with Crippen molar-refractivity contribution in [1.82, 2.24) is 25.4 Å². The molecule has 0 aliphatic carbocycles. The molecule has 4 rings (SSSR count). The summed E-state index contributed by atoms with van der Waals surface area (Å²) in [6.45, 7) is -0.325. The van der Waals surface area contributed by atoms with Gasteiger partial charge in [-0.05, 0) is 18.2 Å². The van der Waals surface area contributed by atoms with E-state index in [2.05, 4.69) is 20.2 Å². The molecule has 3 aromatic heterocycles. The number of aromatic nitrogens is 3. The lowest BCUT2D eigenvalue weighted by Crippen LogP contribution is -2.34. The van der Waals surface area contributed by atoms with Gasteiger partial charge in [0.2, 0.25) is 0 Å². The zero-order valence-corrected chi connectivity index (χ0v) is 15.5. The van der Waals surface area contributed by atoms with Gasteiger partial charge in [-0.2, -0.15) is 18.3 Å². The molecule has 1 amide bonds. The van der Waals surface area contributed by atoms with E-state index in [4.69, 9.17) is 4.42 Å². The van der Waals surface area contributed by atoms with E-state index in [1.54, 1.807) is 12.3 Å². The highest BCUT2D eigenvalue weighted by Crippen LogP contribution is 2.29. The van der Waals surface area contributed by atoms with Crippen LogP contribution in [0.3, 0.4) is 0 Å². The number of amides is 1. The molecular weight excluding hydrogens is 445 g/mol. The van der Waals surface area contributed by atoms with Crippen molar-refractivity contribution < 1.29 is 40.8 Å². The van der Waals surface area contributed by atoms with Gasteiger partial charge in [-0.15, -0.1) is 0 Å². The molecule has 0 aliphatic heterocycles. The lowest BCUT2D eigenvalue weighted by molar-refractivity contribution is -0.220. The Morgan fingerprint density at radius 2 is 1.97 bits per heavy atom. The third-order valence-corrected chi connectivity index (χ3v) is 4.17. The highest BCUT2D eigenvalue weighted by Gasteiger charge is 2.31. The van der Waals surface area contributed by atoms with E-state index in [0.717, 1.165) is 6.07 Å². The van der Waals surface area contributed by atoms with Crippen molar-refractivity contribution in [2.24, 2.45) is 0 Å². The van der Waals surface area contributed by atoms with Gasteiger partial charge in [0.15, 0.2) is 22.9 Å². The Balaban J connectivity index is 1.58. The smallest absolute Gasteiger partial charge is 0.458 e. The fraction of sp³-hybridized carbons (Fsp3) is 0.111. The third kappa shape index (κ3) is 4.07. The molecule has 0 unspecified atom stereocenters. The van der Waals surface area contributed by atoms with Gasteiger partial charge in [0.05, 0.1) is 18.1 Å². The number of hydrogen-bond donors (Lipinski definition) is 2. The van der Waals surface area contributed by atoms with Crippen molar-refractivity contribution in [2.45, 2.75) is 12.8 Å². The van der Waals surface area contributed by atoms with Gasteiger partial charge in [-0.1, -0.05) is 5.48 Å².